The Labute approximate surface area is 114 Å². The third kappa shape index (κ3) is 2.97. The van der Waals surface area contributed by atoms with E-state index in [0.717, 1.165) is 5.01 Å². The van der Waals surface area contributed by atoms with Gasteiger partial charge in [0, 0.05) is 22.7 Å². The summed E-state index contributed by atoms with van der Waals surface area (Å²) in [6.07, 6.45) is 1.69. The molecule has 1 aromatic carbocycles. The number of aromatic nitrogens is 1. The second-order valence-corrected chi connectivity index (χ2v) is 4.93. The molecule has 0 aliphatic heterocycles. The van der Waals surface area contributed by atoms with Crippen molar-refractivity contribution in [1.82, 2.24) is 10.3 Å². The maximum absolute atomic E-state index is 12.0. The highest BCUT2D eigenvalue weighted by molar-refractivity contribution is 7.09. The van der Waals surface area contributed by atoms with Crippen molar-refractivity contribution in [3.8, 4) is 0 Å². The molecule has 0 unspecified atom stereocenters. The lowest BCUT2D eigenvalue weighted by Gasteiger charge is -2.09. The van der Waals surface area contributed by atoms with E-state index >= 15 is 0 Å². The number of nitrogens with zero attached hydrogens (tertiary/aromatic N) is 1. The second kappa shape index (κ2) is 5.62. The van der Waals surface area contributed by atoms with Gasteiger partial charge in [-0.05, 0) is 24.6 Å². The quantitative estimate of drug-likeness (QED) is 0.886. The molecule has 2 amide bonds. The van der Waals surface area contributed by atoms with E-state index in [1.165, 1.54) is 11.3 Å². The lowest BCUT2D eigenvalue weighted by atomic mass is 10.0. The van der Waals surface area contributed by atoms with Crippen LogP contribution in [-0.2, 0) is 6.54 Å². The van der Waals surface area contributed by atoms with Crippen LogP contribution in [0.5, 0.6) is 0 Å². The van der Waals surface area contributed by atoms with Crippen LogP contribution >= 0.6 is 11.3 Å². The number of primary amides is 1. The molecule has 0 aliphatic rings. The molecule has 6 heteroatoms. The highest BCUT2D eigenvalue weighted by atomic mass is 32.1. The van der Waals surface area contributed by atoms with E-state index in [1.807, 2.05) is 5.38 Å². The summed E-state index contributed by atoms with van der Waals surface area (Å²) in [5.74, 6) is -0.775. The van der Waals surface area contributed by atoms with Gasteiger partial charge in [-0.25, -0.2) is 4.98 Å². The number of rotatable bonds is 4. The molecular formula is C13H13N3O2S. The monoisotopic (exact) mass is 275 g/mol. The van der Waals surface area contributed by atoms with Crippen LogP contribution in [0.4, 0.5) is 0 Å². The topological polar surface area (TPSA) is 85.1 Å². The van der Waals surface area contributed by atoms with Crippen LogP contribution in [0.15, 0.2) is 29.8 Å². The van der Waals surface area contributed by atoms with E-state index in [1.54, 1.807) is 31.3 Å². The maximum Gasteiger partial charge on any atom is 0.251 e. The largest absolute Gasteiger partial charge is 0.366 e. The standard InChI is InChI=1S/C13H13N3O2S/c1-8-9(12(14)17)3-2-4-10(8)13(18)16-7-11-15-5-6-19-11/h2-6H,7H2,1H3,(H2,14,17)(H,16,18). The van der Waals surface area contributed by atoms with Gasteiger partial charge >= 0.3 is 0 Å². The van der Waals surface area contributed by atoms with Gasteiger partial charge in [-0.2, -0.15) is 0 Å². The van der Waals surface area contributed by atoms with Crippen LogP contribution in [-0.4, -0.2) is 16.8 Å². The van der Waals surface area contributed by atoms with Crippen LogP contribution < -0.4 is 11.1 Å². The van der Waals surface area contributed by atoms with E-state index in [9.17, 15) is 9.59 Å². The SMILES string of the molecule is Cc1c(C(N)=O)cccc1C(=O)NCc1nccs1. The molecule has 1 heterocycles. The fourth-order valence-electron chi connectivity index (χ4n) is 1.74. The van der Waals surface area contributed by atoms with Crippen molar-refractivity contribution in [3.63, 3.8) is 0 Å². The zero-order valence-corrected chi connectivity index (χ0v) is 11.2. The number of thiazole rings is 1. The van der Waals surface area contributed by atoms with Gasteiger partial charge in [0.2, 0.25) is 5.91 Å². The van der Waals surface area contributed by atoms with E-state index in [-0.39, 0.29) is 5.91 Å². The molecule has 0 saturated heterocycles. The van der Waals surface area contributed by atoms with Crippen molar-refractivity contribution in [3.05, 3.63) is 51.5 Å². The smallest absolute Gasteiger partial charge is 0.251 e. The summed E-state index contributed by atoms with van der Waals surface area (Å²) in [5.41, 5.74) is 6.66. The Bertz CT molecular complexity index is 608. The first-order valence-electron chi connectivity index (χ1n) is 5.65. The van der Waals surface area contributed by atoms with Gasteiger partial charge < -0.3 is 11.1 Å². The van der Waals surface area contributed by atoms with Crippen molar-refractivity contribution in [2.45, 2.75) is 13.5 Å². The van der Waals surface area contributed by atoms with Crippen LogP contribution in [0.25, 0.3) is 0 Å². The molecule has 3 N–H and O–H groups in total. The van der Waals surface area contributed by atoms with Gasteiger partial charge in [0.1, 0.15) is 5.01 Å². The molecule has 0 aliphatic carbocycles. The van der Waals surface area contributed by atoms with Crippen molar-refractivity contribution < 1.29 is 9.59 Å². The molecule has 0 fully saturated rings. The Morgan fingerprint density at radius 3 is 2.74 bits per heavy atom. The van der Waals surface area contributed by atoms with Crippen molar-refractivity contribution in [2.24, 2.45) is 5.73 Å². The minimum absolute atomic E-state index is 0.240. The van der Waals surface area contributed by atoms with Gasteiger partial charge in [0.05, 0.1) is 6.54 Å². The van der Waals surface area contributed by atoms with Crippen molar-refractivity contribution >= 4 is 23.2 Å². The summed E-state index contributed by atoms with van der Waals surface area (Å²) in [4.78, 5) is 27.4. The normalized spacial score (nSPS) is 10.2. The summed E-state index contributed by atoms with van der Waals surface area (Å²) in [6, 6.07) is 4.92. The molecule has 0 spiro atoms. The third-order valence-electron chi connectivity index (χ3n) is 2.73. The number of benzene rings is 1. The van der Waals surface area contributed by atoms with Gasteiger partial charge in [0.15, 0.2) is 0 Å². The first kappa shape index (κ1) is 13.2. The molecule has 2 rings (SSSR count). The van der Waals surface area contributed by atoms with Gasteiger partial charge in [0.25, 0.3) is 5.91 Å². The average Bonchev–Trinajstić information content (AvgIpc) is 2.89. The Hall–Kier alpha value is -2.21. The second-order valence-electron chi connectivity index (χ2n) is 3.95. The third-order valence-corrected chi connectivity index (χ3v) is 3.51. The molecule has 2 aromatic rings. The zero-order valence-electron chi connectivity index (χ0n) is 10.3. The van der Waals surface area contributed by atoms with E-state index in [0.29, 0.717) is 23.2 Å². The Kier molecular flexibility index (Phi) is 3.91. The van der Waals surface area contributed by atoms with Gasteiger partial charge in [-0.1, -0.05) is 6.07 Å². The highest BCUT2D eigenvalue weighted by Gasteiger charge is 2.14. The summed E-state index contributed by atoms with van der Waals surface area (Å²) < 4.78 is 0. The highest BCUT2D eigenvalue weighted by Crippen LogP contribution is 2.13. The molecular weight excluding hydrogens is 262 g/mol. The maximum atomic E-state index is 12.0. The number of nitrogens with two attached hydrogens (primary N) is 1. The molecule has 0 radical (unpaired) electrons. The summed E-state index contributed by atoms with van der Waals surface area (Å²) in [7, 11) is 0. The lowest BCUT2D eigenvalue weighted by Crippen LogP contribution is -2.24. The van der Waals surface area contributed by atoms with Crippen LogP contribution in [0.1, 0.15) is 31.3 Å². The zero-order chi connectivity index (χ0) is 13.8. The molecule has 0 saturated carbocycles. The predicted octanol–water partition coefficient (Wildman–Crippen LogP) is 1.48. The predicted molar refractivity (Wildman–Crippen MR) is 73.0 cm³/mol. The van der Waals surface area contributed by atoms with Crippen LogP contribution in [0.2, 0.25) is 0 Å². The van der Waals surface area contributed by atoms with Gasteiger partial charge in [-0.3, -0.25) is 9.59 Å². The average molecular weight is 275 g/mol. The summed E-state index contributed by atoms with van der Waals surface area (Å²) >= 11 is 1.47. The molecule has 1 aromatic heterocycles. The number of amides is 2. The number of carbonyl (C=O) groups excluding carboxylic acids is 2. The summed E-state index contributed by atoms with van der Waals surface area (Å²) in [6.45, 7) is 2.08. The van der Waals surface area contributed by atoms with Crippen molar-refractivity contribution in [2.75, 3.05) is 0 Å². The van der Waals surface area contributed by atoms with Crippen LogP contribution in [0.3, 0.4) is 0 Å². The molecule has 19 heavy (non-hydrogen) atoms. The van der Waals surface area contributed by atoms with E-state index in [2.05, 4.69) is 10.3 Å². The first-order valence-corrected chi connectivity index (χ1v) is 6.53. The summed E-state index contributed by atoms with van der Waals surface area (Å²) in [5, 5.41) is 5.44. The number of hydrogen-bond donors (Lipinski definition) is 2. The van der Waals surface area contributed by atoms with Gasteiger partial charge in [-0.15, -0.1) is 11.3 Å². The van der Waals surface area contributed by atoms with E-state index in [4.69, 9.17) is 5.73 Å². The Morgan fingerprint density at radius 1 is 1.37 bits per heavy atom. The van der Waals surface area contributed by atoms with Crippen molar-refractivity contribution in [1.29, 1.82) is 0 Å². The number of nitrogens with one attached hydrogen (secondary N) is 1. The van der Waals surface area contributed by atoms with E-state index < -0.39 is 5.91 Å². The fraction of sp³-hybridized carbons (Fsp3) is 0.154. The van der Waals surface area contributed by atoms with Crippen LogP contribution in [0, 0.1) is 6.92 Å². The first-order chi connectivity index (χ1) is 9.09. The molecule has 0 bridgehead atoms. The minimum Gasteiger partial charge on any atom is -0.366 e. The Balaban J connectivity index is 2.15. The molecule has 98 valence electrons. The minimum atomic E-state index is -0.535. The molecule has 0 atom stereocenters. The lowest BCUT2D eigenvalue weighted by molar-refractivity contribution is 0.0950. The number of carbonyl (C=O) groups is 2. The fourth-order valence-corrected chi connectivity index (χ4v) is 2.30. The number of hydrogen-bond acceptors (Lipinski definition) is 4. The Morgan fingerprint density at radius 2 is 2.11 bits per heavy atom. The molecule has 5 nitrogen and oxygen atoms in total.